The van der Waals surface area contributed by atoms with Crippen LogP contribution >= 0.6 is 0 Å². The second kappa shape index (κ2) is 8.54. The Bertz CT molecular complexity index is 1130. The summed E-state index contributed by atoms with van der Waals surface area (Å²) in [5, 5.41) is 14.9. The van der Waals surface area contributed by atoms with E-state index in [0.29, 0.717) is 0 Å². The Balaban J connectivity index is 1.58. The first-order valence-electron chi connectivity index (χ1n) is 10.1. The summed E-state index contributed by atoms with van der Waals surface area (Å²) in [6.07, 6.45) is 0.243. The zero-order valence-electron chi connectivity index (χ0n) is 16.9. The van der Waals surface area contributed by atoms with Crippen molar-refractivity contribution >= 4 is 21.5 Å². The molecule has 0 radical (unpaired) electrons. The zero-order chi connectivity index (χ0) is 20.2. The smallest absolute Gasteiger partial charge is 0.135 e. The molecule has 0 bridgehead atoms. The summed E-state index contributed by atoms with van der Waals surface area (Å²) in [6.45, 7) is 4.50. The summed E-state index contributed by atoms with van der Waals surface area (Å²) in [6, 6.07) is 24.7. The molecule has 0 aliphatic heterocycles. The zero-order valence-corrected chi connectivity index (χ0v) is 16.9. The highest BCUT2D eigenvalue weighted by molar-refractivity contribution is 6.05. The largest absolute Gasteiger partial charge is 0.490 e. The van der Waals surface area contributed by atoms with Gasteiger partial charge in [-0.15, -0.1) is 0 Å². The third-order valence-electron chi connectivity index (χ3n) is 5.23. The van der Waals surface area contributed by atoms with Crippen molar-refractivity contribution < 1.29 is 14.6 Å². The average molecular weight is 386 g/mol. The maximum Gasteiger partial charge on any atom is 0.135 e. The number of fused-ring (bicyclic) bond motifs is 2. The van der Waals surface area contributed by atoms with E-state index in [1.807, 2.05) is 43.3 Å². The van der Waals surface area contributed by atoms with Gasteiger partial charge in [-0.2, -0.15) is 0 Å². The molecule has 0 amide bonds. The van der Waals surface area contributed by atoms with Crippen LogP contribution in [0.2, 0.25) is 0 Å². The number of aryl methyl sites for hydroxylation is 2. The van der Waals surface area contributed by atoms with Crippen LogP contribution in [0.25, 0.3) is 21.5 Å². The van der Waals surface area contributed by atoms with Crippen molar-refractivity contribution in [1.29, 1.82) is 0 Å². The second-order valence-corrected chi connectivity index (χ2v) is 7.38. The van der Waals surface area contributed by atoms with Gasteiger partial charge in [-0.05, 0) is 53.4 Å². The number of aliphatic hydroxyl groups excluding tert-OH is 1. The number of para-hydroxylation sites is 1. The Labute approximate surface area is 171 Å². The molecule has 0 spiro atoms. The molecule has 0 saturated carbocycles. The van der Waals surface area contributed by atoms with Crippen LogP contribution in [-0.4, -0.2) is 24.4 Å². The maximum atomic E-state index is 10.5. The molecule has 0 aliphatic carbocycles. The lowest BCUT2D eigenvalue weighted by Crippen LogP contribution is -2.25. The molecule has 3 nitrogen and oxygen atoms in total. The highest BCUT2D eigenvalue weighted by Gasteiger charge is 2.13. The van der Waals surface area contributed by atoms with Gasteiger partial charge in [0.1, 0.15) is 30.8 Å². The molecule has 0 aliphatic rings. The van der Waals surface area contributed by atoms with Gasteiger partial charge >= 0.3 is 0 Å². The van der Waals surface area contributed by atoms with Gasteiger partial charge in [-0.25, -0.2) is 0 Å². The van der Waals surface area contributed by atoms with Crippen LogP contribution in [0.4, 0.5) is 0 Å². The van der Waals surface area contributed by atoms with Gasteiger partial charge in [0.25, 0.3) is 0 Å². The average Bonchev–Trinajstić information content (AvgIpc) is 2.75. The normalized spacial score (nSPS) is 12.2. The first kappa shape index (κ1) is 19.3. The standard InChI is InChI=1S/C26H26O3/c1-3-19-12-13-21-15-20-9-5-6-10-23(20)26(24(21)14-19)29-17-22(27)16-28-25-11-7-4-8-18(25)2/h4-15,22,27H,3,16-17H2,1-2H3. The monoisotopic (exact) mass is 386 g/mol. The first-order valence-corrected chi connectivity index (χ1v) is 10.1. The SMILES string of the molecule is CCc1ccc2cc3ccccc3c(OCC(O)COc3ccccc3C)c2c1. The summed E-state index contributed by atoms with van der Waals surface area (Å²) in [4.78, 5) is 0. The van der Waals surface area contributed by atoms with Crippen LogP contribution < -0.4 is 9.47 Å². The van der Waals surface area contributed by atoms with Crippen LogP contribution in [0.3, 0.4) is 0 Å². The Morgan fingerprint density at radius 3 is 2.34 bits per heavy atom. The molecule has 0 aromatic heterocycles. The minimum atomic E-state index is -0.724. The van der Waals surface area contributed by atoms with Gasteiger partial charge in [0.15, 0.2) is 0 Å². The Hall–Kier alpha value is -3.04. The van der Waals surface area contributed by atoms with Crippen LogP contribution in [-0.2, 0) is 6.42 Å². The number of ether oxygens (including phenoxy) is 2. The van der Waals surface area contributed by atoms with Gasteiger partial charge in [0, 0.05) is 10.8 Å². The molecule has 4 aromatic rings. The molecule has 4 rings (SSSR count). The van der Waals surface area contributed by atoms with Gasteiger partial charge < -0.3 is 14.6 Å². The summed E-state index contributed by atoms with van der Waals surface area (Å²) in [5.41, 5.74) is 2.31. The van der Waals surface area contributed by atoms with Gasteiger partial charge in [0.05, 0.1) is 0 Å². The van der Waals surface area contributed by atoms with Crippen molar-refractivity contribution in [3.63, 3.8) is 0 Å². The van der Waals surface area contributed by atoms with Crippen LogP contribution in [0.15, 0.2) is 72.8 Å². The lowest BCUT2D eigenvalue weighted by molar-refractivity contribution is 0.0634. The summed E-state index contributed by atoms with van der Waals surface area (Å²) < 4.78 is 12.0. The van der Waals surface area contributed by atoms with Crippen molar-refractivity contribution in [2.45, 2.75) is 26.4 Å². The molecule has 1 N–H and O–H groups in total. The molecular formula is C26H26O3. The van der Waals surface area contributed by atoms with Gasteiger partial charge in [0.2, 0.25) is 0 Å². The van der Waals surface area contributed by atoms with Crippen molar-refractivity contribution in [2.24, 2.45) is 0 Å². The maximum absolute atomic E-state index is 10.5. The molecule has 0 saturated heterocycles. The van der Waals surface area contributed by atoms with Crippen LogP contribution in [0, 0.1) is 6.92 Å². The van der Waals surface area contributed by atoms with Crippen molar-refractivity contribution in [3.05, 3.63) is 83.9 Å². The lowest BCUT2D eigenvalue weighted by atomic mass is 9.99. The molecule has 1 atom stereocenters. The van der Waals surface area contributed by atoms with Gasteiger partial charge in [-0.3, -0.25) is 0 Å². The molecule has 1 unspecified atom stereocenters. The molecule has 148 valence electrons. The summed E-state index contributed by atoms with van der Waals surface area (Å²) in [7, 11) is 0. The predicted octanol–water partition coefficient (Wildman–Crippen LogP) is 5.68. The number of benzene rings is 4. The van der Waals surface area contributed by atoms with E-state index in [1.54, 1.807) is 0 Å². The molecule has 0 fully saturated rings. The number of hydrogen-bond donors (Lipinski definition) is 1. The predicted molar refractivity (Wildman–Crippen MR) is 119 cm³/mol. The fourth-order valence-electron chi connectivity index (χ4n) is 3.58. The van der Waals surface area contributed by atoms with E-state index < -0.39 is 6.10 Å². The molecule has 0 heterocycles. The van der Waals surface area contributed by atoms with Crippen LogP contribution in [0.1, 0.15) is 18.1 Å². The molecular weight excluding hydrogens is 360 g/mol. The Morgan fingerprint density at radius 2 is 1.52 bits per heavy atom. The third kappa shape index (κ3) is 4.20. The Kier molecular flexibility index (Phi) is 5.68. The first-order chi connectivity index (χ1) is 14.2. The minimum absolute atomic E-state index is 0.172. The van der Waals surface area contributed by atoms with E-state index in [2.05, 4.69) is 43.3 Å². The number of hydrogen-bond acceptors (Lipinski definition) is 3. The minimum Gasteiger partial charge on any atom is -0.490 e. The third-order valence-corrected chi connectivity index (χ3v) is 5.23. The van der Waals surface area contributed by atoms with Gasteiger partial charge in [-0.1, -0.05) is 61.5 Å². The number of aliphatic hydroxyl groups is 1. The fourth-order valence-corrected chi connectivity index (χ4v) is 3.58. The van der Waals surface area contributed by atoms with Crippen molar-refractivity contribution in [2.75, 3.05) is 13.2 Å². The molecule has 3 heteroatoms. The quantitative estimate of drug-likeness (QED) is 0.415. The van der Waals surface area contributed by atoms with E-state index in [9.17, 15) is 5.11 Å². The van der Waals surface area contributed by atoms with Crippen molar-refractivity contribution in [1.82, 2.24) is 0 Å². The van der Waals surface area contributed by atoms with E-state index in [0.717, 1.165) is 45.0 Å². The highest BCUT2D eigenvalue weighted by Crippen LogP contribution is 2.35. The second-order valence-electron chi connectivity index (χ2n) is 7.38. The lowest BCUT2D eigenvalue weighted by Gasteiger charge is -2.17. The van der Waals surface area contributed by atoms with E-state index in [-0.39, 0.29) is 13.2 Å². The van der Waals surface area contributed by atoms with E-state index >= 15 is 0 Å². The molecule has 4 aromatic carbocycles. The van der Waals surface area contributed by atoms with Crippen LogP contribution in [0.5, 0.6) is 11.5 Å². The number of rotatable bonds is 7. The van der Waals surface area contributed by atoms with Crippen molar-refractivity contribution in [3.8, 4) is 11.5 Å². The highest BCUT2D eigenvalue weighted by atomic mass is 16.5. The summed E-state index contributed by atoms with van der Waals surface area (Å²) in [5.74, 6) is 1.61. The van der Waals surface area contributed by atoms with E-state index in [1.165, 1.54) is 5.56 Å². The van der Waals surface area contributed by atoms with E-state index in [4.69, 9.17) is 9.47 Å². The topological polar surface area (TPSA) is 38.7 Å². The Morgan fingerprint density at radius 1 is 0.793 bits per heavy atom. The molecule has 29 heavy (non-hydrogen) atoms. The fraction of sp³-hybridized carbons (Fsp3) is 0.231. The summed E-state index contributed by atoms with van der Waals surface area (Å²) >= 11 is 0.